The van der Waals surface area contributed by atoms with Gasteiger partial charge in [0.05, 0.1) is 5.39 Å². The second-order valence-corrected chi connectivity index (χ2v) is 4.07. The first-order valence-electron chi connectivity index (χ1n) is 5.91. The summed E-state index contributed by atoms with van der Waals surface area (Å²) in [6, 6.07) is 11.8. The molecule has 2 heterocycles. The van der Waals surface area contributed by atoms with Crippen LogP contribution in [0.25, 0.3) is 11.0 Å². The van der Waals surface area contributed by atoms with E-state index in [9.17, 15) is 0 Å². The zero-order chi connectivity index (χ0) is 12.2. The van der Waals surface area contributed by atoms with Gasteiger partial charge in [-0.3, -0.25) is 4.98 Å². The van der Waals surface area contributed by atoms with Crippen LogP contribution < -0.4 is 5.32 Å². The molecule has 0 radical (unpaired) electrons. The fourth-order valence-electron chi connectivity index (χ4n) is 1.88. The van der Waals surface area contributed by atoms with E-state index in [-0.39, 0.29) is 0 Å². The molecule has 0 aliphatic heterocycles. The second-order valence-electron chi connectivity index (χ2n) is 4.07. The third kappa shape index (κ3) is 2.18. The highest BCUT2D eigenvalue weighted by molar-refractivity contribution is 5.87. The fraction of sp³-hybridized carbons (Fsp3) is 0.143. The SMILES string of the molecule is c1cncc(CCNc2noc3ccccc23)c1. The number of para-hydroxylation sites is 1. The molecule has 0 unspecified atom stereocenters. The lowest BCUT2D eigenvalue weighted by Gasteiger charge is -2.02. The minimum absolute atomic E-state index is 0.800. The average molecular weight is 239 g/mol. The molecule has 4 nitrogen and oxygen atoms in total. The Balaban J connectivity index is 1.67. The first-order valence-corrected chi connectivity index (χ1v) is 5.91. The van der Waals surface area contributed by atoms with Gasteiger partial charge in [-0.15, -0.1) is 0 Å². The summed E-state index contributed by atoms with van der Waals surface area (Å²) >= 11 is 0. The fourth-order valence-corrected chi connectivity index (χ4v) is 1.88. The number of rotatable bonds is 4. The third-order valence-electron chi connectivity index (χ3n) is 2.81. The minimum Gasteiger partial charge on any atom is -0.366 e. The molecule has 1 aromatic carbocycles. The molecule has 4 heteroatoms. The van der Waals surface area contributed by atoms with Crippen molar-refractivity contribution in [1.82, 2.24) is 10.1 Å². The summed E-state index contributed by atoms with van der Waals surface area (Å²) < 4.78 is 5.23. The maximum absolute atomic E-state index is 5.23. The van der Waals surface area contributed by atoms with Crippen LogP contribution in [0.15, 0.2) is 53.3 Å². The van der Waals surface area contributed by atoms with Gasteiger partial charge in [-0.25, -0.2) is 0 Å². The van der Waals surface area contributed by atoms with Gasteiger partial charge >= 0.3 is 0 Å². The van der Waals surface area contributed by atoms with E-state index < -0.39 is 0 Å². The Morgan fingerprint density at radius 3 is 2.94 bits per heavy atom. The summed E-state index contributed by atoms with van der Waals surface area (Å²) in [4.78, 5) is 4.09. The smallest absolute Gasteiger partial charge is 0.177 e. The third-order valence-corrected chi connectivity index (χ3v) is 2.81. The molecule has 0 atom stereocenters. The van der Waals surface area contributed by atoms with Crippen molar-refractivity contribution in [3.05, 3.63) is 54.4 Å². The van der Waals surface area contributed by atoms with Crippen LogP contribution >= 0.6 is 0 Å². The molecule has 0 spiro atoms. The van der Waals surface area contributed by atoms with E-state index in [0.717, 1.165) is 29.8 Å². The predicted octanol–water partition coefficient (Wildman–Crippen LogP) is 2.88. The van der Waals surface area contributed by atoms with E-state index in [4.69, 9.17) is 4.52 Å². The number of fused-ring (bicyclic) bond motifs is 1. The van der Waals surface area contributed by atoms with Gasteiger partial charge in [-0.1, -0.05) is 23.4 Å². The van der Waals surface area contributed by atoms with Crippen molar-refractivity contribution in [1.29, 1.82) is 0 Å². The maximum atomic E-state index is 5.23. The van der Waals surface area contributed by atoms with Crippen LogP contribution in [-0.2, 0) is 6.42 Å². The van der Waals surface area contributed by atoms with E-state index in [2.05, 4.69) is 21.5 Å². The Bertz CT molecular complexity index is 634. The van der Waals surface area contributed by atoms with Crippen molar-refractivity contribution >= 4 is 16.8 Å². The van der Waals surface area contributed by atoms with Gasteiger partial charge in [0.1, 0.15) is 0 Å². The molecule has 3 rings (SSSR count). The summed E-state index contributed by atoms with van der Waals surface area (Å²) in [5, 5.41) is 8.33. The Morgan fingerprint density at radius 2 is 2.06 bits per heavy atom. The van der Waals surface area contributed by atoms with Crippen molar-refractivity contribution in [2.24, 2.45) is 0 Å². The first kappa shape index (κ1) is 10.8. The van der Waals surface area contributed by atoms with Gasteiger partial charge in [0.15, 0.2) is 11.4 Å². The summed E-state index contributed by atoms with van der Waals surface area (Å²) in [5.74, 6) is 0.800. The number of nitrogens with one attached hydrogen (secondary N) is 1. The topological polar surface area (TPSA) is 51.0 Å². The summed E-state index contributed by atoms with van der Waals surface area (Å²) in [7, 11) is 0. The first-order chi connectivity index (χ1) is 8.93. The lowest BCUT2D eigenvalue weighted by molar-refractivity contribution is 0.459. The Labute approximate surface area is 105 Å². The Kier molecular flexibility index (Phi) is 2.92. The van der Waals surface area contributed by atoms with Crippen molar-refractivity contribution in [2.45, 2.75) is 6.42 Å². The minimum atomic E-state index is 0.800. The van der Waals surface area contributed by atoms with Crippen molar-refractivity contribution in [3.8, 4) is 0 Å². The summed E-state index contributed by atoms with van der Waals surface area (Å²) in [6.45, 7) is 0.808. The molecule has 90 valence electrons. The molecule has 3 aromatic rings. The number of anilines is 1. The van der Waals surface area contributed by atoms with E-state index in [1.54, 1.807) is 6.20 Å². The maximum Gasteiger partial charge on any atom is 0.177 e. The van der Waals surface area contributed by atoms with Gasteiger partial charge < -0.3 is 9.84 Å². The Morgan fingerprint density at radius 1 is 1.11 bits per heavy atom. The number of hydrogen-bond donors (Lipinski definition) is 1. The molecule has 0 fully saturated rings. The van der Waals surface area contributed by atoms with Gasteiger partial charge in [-0.05, 0) is 30.2 Å². The molecule has 0 saturated carbocycles. The summed E-state index contributed by atoms with van der Waals surface area (Å²) in [6.07, 6.45) is 4.57. The zero-order valence-corrected chi connectivity index (χ0v) is 9.84. The van der Waals surface area contributed by atoms with E-state index in [1.165, 1.54) is 5.56 Å². The number of pyridine rings is 1. The Hall–Kier alpha value is -2.36. The molecule has 0 amide bonds. The normalized spacial score (nSPS) is 10.7. The number of aromatic nitrogens is 2. The van der Waals surface area contributed by atoms with Crippen LogP contribution in [0.1, 0.15) is 5.56 Å². The molecule has 2 aromatic heterocycles. The van der Waals surface area contributed by atoms with Gasteiger partial charge in [0, 0.05) is 18.9 Å². The highest BCUT2D eigenvalue weighted by Gasteiger charge is 2.05. The summed E-state index contributed by atoms with van der Waals surface area (Å²) in [5.41, 5.74) is 2.01. The molecule has 0 saturated heterocycles. The molecule has 0 bridgehead atoms. The molecule has 18 heavy (non-hydrogen) atoms. The van der Waals surface area contributed by atoms with Crippen LogP contribution in [0, 0.1) is 0 Å². The van der Waals surface area contributed by atoms with E-state index in [0.29, 0.717) is 0 Å². The number of hydrogen-bond acceptors (Lipinski definition) is 4. The second kappa shape index (κ2) is 4.87. The highest BCUT2D eigenvalue weighted by Crippen LogP contribution is 2.21. The van der Waals surface area contributed by atoms with Crippen LogP contribution in [0.2, 0.25) is 0 Å². The monoisotopic (exact) mass is 239 g/mol. The van der Waals surface area contributed by atoms with Crippen molar-refractivity contribution in [2.75, 3.05) is 11.9 Å². The van der Waals surface area contributed by atoms with Gasteiger partial charge in [-0.2, -0.15) is 0 Å². The highest BCUT2D eigenvalue weighted by atomic mass is 16.5. The van der Waals surface area contributed by atoms with Crippen LogP contribution in [0.5, 0.6) is 0 Å². The largest absolute Gasteiger partial charge is 0.366 e. The molecular weight excluding hydrogens is 226 g/mol. The number of benzene rings is 1. The predicted molar refractivity (Wildman–Crippen MR) is 70.4 cm³/mol. The van der Waals surface area contributed by atoms with Gasteiger partial charge in [0.2, 0.25) is 0 Å². The van der Waals surface area contributed by atoms with E-state index in [1.807, 2.05) is 36.5 Å². The van der Waals surface area contributed by atoms with Gasteiger partial charge in [0.25, 0.3) is 0 Å². The standard InChI is InChI=1S/C14H13N3O/c1-2-6-13-12(5-1)14(17-18-13)16-9-7-11-4-3-8-15-10-11/h1-6,8,10H,7,9H2,(H,16,17). The molecule has 1 N–H and O–H groups in total. The molecule has 0 aliphatic rings. The lowest BCUT2D eigenvalue weighted by atomic mass is 10.2. The molecule has 0 aliphatic carbocycles. The number of nitrogens with zero attached hydrogens (tertiary/aromatic N) is 2. The van der Waals surface area contributed by atoms with Crippen LogP contribution in [0.4, 0.5) is 5.82 Å². The molecular formula is C14H13N3O. The van der Waals surface area contributed by atoms with Crippen LogP contribution in [0.3, 0.4) is 0 Å². The quantitative estimate of drug-likeness (QED) is 0.760. The lowest BCUT2D eigenvalue weighted by Crippen LogP contribution is -2.05. The average Bonchev–Trinajstić information content (AvgIpc) is 2.84. The van der Waals surface area contributed by atoms with E-state index >= 15 is 0 Å². The zero-order valence-electron chi connectivity index (χ0n) is 9.84. The van der Waals surface area contributed by atoms with Crippen molar-refractivity contribution in [3.63, 3.8) is 0 Å². The van der Waals surface area contributed by atoms with Crippen LogP contribution in [-0.4, -0.2) is 16.7 Å². The van der Waals surface area contributed by atoms with Crippen molar-refractivity contribution < 1.29 is 4.52 Å².